The Hall–Kier alpha value is -4.04. The normalized spacial score (nSPS) is 27.5. The molecule has 0 aliphatic heterocycles. The van der Waals surface area contributed by atoms with Gasteiger partial charge < -0.3 is 9.47 Å². The Morgan fingerprint density at radius 1 is 0.717 bits per heavy atom. The largest absolute Gasteiger partial charge is 0.496 e. The van der Waals surface area contributed by atoms with Crippen LogP contribution in [0.5, 0.6) is 11.5 Å². The fraction of sp³-hybridized carbons (Fsp3) is 0.451. The molecule has 276 valence electrons. The van der Waals surface area contributed by atoms with Gasteiger partial charge in [0, 0.05) is 10.8 Å². The molecule has 5 aliphatic carbocycles. The number of rotatable bonds is 6. The summed E-state index contributed by atoms with van der Waals surface area (Å²) in [6.07, 6.45) is 16.3. The van der Waals surface area contributed by atoms with E-state index in [2.05, 4.69) is 160 Å². The highest BCUT2D eigenvalue weighted by molar-refractivity contribution is 5.93. The number of fused-ring (bicyclic) bond motifs is 6. The molecule has 2 heteroatoms. The van der Waals surface area contributed by atoms with E-state index in [0.29, 0.717) is 5.92 Å². The lowest BCUT2D eigenvalue weighted by atomic mass is 9.25. The molecule has 0 heterocycles. The summed E-state index contributed by atoms with van der Waals surface area (Å²) in [6.45, 7) is 25.6. The van der Waals surface area contributed by atoms with Gasteiger partial charge in [0.05, 0.1) is 19.6 Å². The second-order valence-corrected chi connectivity index (χ2v) is 18.7. The van der Waals surface area contributed by atoms with Crippen LogP contribution in [0.2, 0.25) is 0 Å². The topological polar surface area (TPSA) is 18.5 Å². The lowest BCUT2D eigenvalue weighted by Crippen LogP contribution is -2.72. The van der Waals surface area contributed by atoms with Gasteiger partial charge in [0.15, 0.2) is 0 Å². The molecule has 0 bridgehead atoms. The third-order valence-electron chi connectivity index (χ3n) is 16.9. The molecule has 3 aromatic carbocycles. The Morgan fingerprint density at radius 2 is 1.34 bits per heavy atom. The summed E-state index contributed by atoms with van der Waals surface area (Å²) in [7, 11) is 3.59. The van der Waals surface area contributed by atoms with Crippen molar-refractivity contribution in [2.75, 3.05) is 14.2 Å². The minimum atomic E-state index is -0.534. The van der Waals surface area contributed by atoms with Crippen molar-refractivity contribution in [1.29, 1.82) is 0 Å². The first-order valence-corrected chi connectivity index (χ1v) is 20.0. The number of ether oxygens (including phenoxy) is 2. The monoisotopic (exact) mass is 704 g/mol. The average molecular weight is 705 g/mol. The van der Waals surface area contributed by atoms with Crippen LogP contribution >= 0.6 is 0 Å². The summed E-state index contributed by atoms with van der Waals surface area (Å²) < 4.78 is 11.9. The van der Waals surface area contributed by atoms with E-state index in [1.54, 1.807) is 30.9 Å². The summed E-state index contributed by atoms with van der Waals surface area (Å²) in [5, 5.41) is 0. The molecule has 0 aromatic heterocycles. The Kier molecular flexibility index (Phi) is 7.96. The second-order valence-electron chi connectivity index (χ2n) is 18.7. The van der Waals surface area contributed by atoms with Gasteiger partial charge in [0.1, 0.15) is 11.5 Å². The van der Waals surface area contributed by atoms with E-state index < -0.39 is 10.8 Å². The number of methoxy groups -OCH3 is 2. The van der Waals surface area contributed by atoms with Crippen LogP contribution in [0, 0.1) is 46.8 Å². The van der Waals surface area contributed by atoms with Gasteiger partial charge >= 0.3 is 0 Å². The zero-order valence-electron chi connectivity index (χ0n) is 34.4. The van der Waals surface area contributed by atoms with Crippen LogP contribution in [0.15, 0.2) is 113 Å². The molecule has 53 heavy (non-hydrogen) atoms. The molecular weight excluding hydrogens is 645 g/mol. The molecule has 1 fully saturated rings. The average Bonchev–Trinajstić information content (AvgIpc) is 3.80. The van der Waals surface area contributed by atoms with Crippen molar-refractivity contribution in [3.05, 3.63) is 147 Å². The van der Waals surface area contributed by atoms with Crippen LogP contribution in [-0.4, -0.2) is 14.2 Å². The molecule has 0 N–H and O–H groups in total. The number of benzene rings is 3. The van der Waals surface area contributed by atoms with E-state index in [1.807, 2.05) is 0 Å². The van der Waals surface area contributed by atoms with Gasteiger partial charge in [-0.1, -0.05) is 145 Å². The van der Waals surface area contributed by atoms with Crippen molar-refractivity contribution in [2.45, 2.75) is 100 Å². The Bertz CT molecular complexity index is 2140. The maximum atomic E-state index is 5.95. The van der Waals surface area contributed by atoms with Crippen LogP contribution in [-0.2, 0) is 11.8 Å². The molecule has 1 saturated carbocycles. The first kappa shape index (κ1) is 36.0. The van der Waals surface area contributed by atoms with E-state index >= 15 is 0 Å². The predicted molar refractivity (Wildman–Crippen MR) is 222 cm³/mol. The highest BCUT2D eigenvalue weighted by Gasteiger charge is 2.77. The van der Waals surface area contributed by atoms with E-state index in [9.17, 15) is 0 Å². The molecule has 3 unspecified atom stereocenters. The van der Waals surface area contributed by atoms with Crippen molar-refractivity contribution in [1.82, 2.24) is 0 Å². The highest BCUT2D eigenvalue weighted by Crippen LogP contribution is 2.83. The molecule has 0 amide bonds. The third kappa shape index (κ3) is 4.16. The van der Waals surface area contributed by atoms with Crippen LogP contribution in [0.25, 0.3) is 5.57 Å². The lowest BCUT2D eigenvalue weighted by Gasteiger charge is -2.78. The summed E-state index contributed by atoms with van der Waals surface area (Å²) >= 11 is 0. The lowest BCUT2D eigenvalue weighted by molar-refractivity contribution is -0.206. The van der Waals surface area contributed by atoms with Gasteiger partial charge in [-0.15, -0.1) is 0 Å². The summed E-state index contributed by atoms with van der Waals surface area (Å²) in [5.74, 6) is 2.27. The van der Waals surface area contributed by atoms with E-state index in [4.69, 9.17) is 9.47 Å². The summed E-state index contributed by atoms with van der Waals surface area (Å²) in [6, 6.07) is 23.5. The van der Waals surface area contributed by atoms with Crippen molar-refractivity contribution in [3.63, 3.8) is 0 Å². The summed E-state index contributed by atoms with van der Waals surface area (Å²) in [4.78, 5) is 0. The molecule has 0 radical (unpaired) electrons. The first-order valence-electron chi connectivity index (χ1n) is 20.0. The number of allylic oxidation sites excluding steroid dienone is 10. The minimum Gasteiger partial charge on any atom is -0.496 e. The van der Waals surface area contributed by atoms with Gasteiger partial charge in [-0.3, -0.25) is 0 Å². The van der Waals surface area contributed by atoms with Crippen molar-refractivity contribution in [2.24, 2.45) is 33.0 Å². The van der Waals surface area contributed by atoms with Gasteiger partial charge in [-0.05, 0) is 124 Å². The standard InChI is InChI=1S/C51H60O2/c1-32-29-36(25-27-42(32)52-11)51(35-20-14-15-21-35,37-26-28-43(53-12)33(2)30-37)50(10)45-40-31-34-19-13-16-22-38(34)44(40)39-23-17-18-24-41(39)49(45,9)47(5,6)46(3,4)48(50,7)8/h13-17,19-20,22-23,25-30,41H,18,21,24,31H2,1-12H3. The maximum Gasteiger partial charge on any atom is 0.121 e. The van der Waals surface area contributed by atoms with E-state index in [0.717, 1.165) is 30.8 Å². The van der Waals surface area contributed by atoms with Crippen molar-refractivity contribution >= 4 is 5.57 Å². The summed E-state index contributed by atoms with van der Waals surface area (Å²) in [5.41, 5.74) is 14.3. The van der Waals surface area contributed by atoms with Crippen molar-refractivity contribution < 1.29 is 9.47 Å². The third-order valence-corrected chi connectivity index (χ3v) is 16.9. The zero-order chi connectivity index (χ0) is 37.9. The second kappa shape index (κ2) is 11.7. The van der Waals surface area contributed by atoms with Gasteiger partial charge in [-0.25, -0.2) is 0 Å². The van der Waals surface area contributed by atoms with Crippen LogP contribution in [0.1, 0.15) is 108 Å². The van der Waals surface area contributed by atoms with Gasteiger partial charge in [-0.2, -0.15) is 0 Å². The Labute approximate surface area is 319 Å². The molecular formula is C51H60O2. The minimum absolute atomic E-state index is 0.0492. The highest BCUT2D eigenvalue weighted by atomic mass is 16.5. The molecule has 2 nitrogen and oxygen atoms in total. The molecule has 0 saturated heterocycles. The maximum absolute atomic E-state index is 5.95. The van der Waals surface area contributed by atoms with E-state index in [-0.39, 0.29) is 21.7 Å². The Morgan fingerprint density at radius 3 is 1.91 bits per heavy atom. The van der Waals surface area contributed by atoms with Crippen LogP contribution in [0.4, 0.5) is 0 Å². The fourth-order valence-corrected chi connectivity index (χ4v) is 13.0. The van der Waals surface area contributed by atoms with Gasteiger partial charge in [0.2, 0.25) is 0 Å². The Balaban J connectivity index is 1.63. The number of aryl methyl sites for hydroxylation is 2. The molecule has 3 atom stereocenters. The zero-order valence-corrected chi connectivity index (χ0v) is 34.4. The fourth-order valence-electron chi connectivity index (χ4n) is 13.0. The molecule has 5 aliphatic rings. The SMILES string of the molecule is COc1ccc(C(C2=CC=CC2)(c2ccc(OC)c(C)c2)C2(C)C3=C4Cc5ccccc5C4=C4C=CCCC4C3(C)C(C)(C)C(C)(C)C2(C)C)cc1C. The first-order chi connectivity index (χ1) is 25.1. The predicted octanol–water partition coefficient (Wildman–Crippen LogP) is 12.9. The smallest absolute Gasteiger partial charge is 0.121 e. The molecule has 8 rings (SSSR count). The van der Waals surface area contributed by atoms with Crippen LogP contribution in [0.3, 0.4) is 0 Å². The molecule has 3 aromatic rings. The number of hydrogen-bond acceptors (Lipinski definition) is 2. The molecule has 0 spiro atoms. The van der Waals surface area contributed by atoms with Gasteiger partial charge in [0.25, 0.3) is 0 Å². The van der Waals surface area contributed by atoms with Crippen LogP contribution < -0.4 is 9.47 Å². The number of hydrogen-bond donors (Lipinski definition) is 0. The van der Waals surface area contributed by atoms with Crippen molar-refractivity contribution in [3.8, 4) is 11.5 Å². The van der Waals surface area contributed by atoms with E-state index in [1.165, 1.54) is 50.9 Å². The quantitative estimate of drug-likeness (QED) is 0.254.